The fraction of sp³-hybridized carbons (Fsp3) is 0.304. The van der Waals surface area contributed by atoms with Crippen LogP contribution in [0.4, 0.5) is 15.6 Å². The number of nitrogens with one attached hydrogen (secondary N) is 2. The molecule has 2 heterocycles. The molecule has 0 radical (unpaired) electrons. The molecular weight excluding hydrogens is 426 g/mol. The zero-order valence-corrected chi connectivity index (χ0v) is 18.8. The van der Waals surface area contributed by atoms with Crippen LogP contribution in [0.15, 0.2) is 48.5 Å². The smallest absolute Gasteiger partial charge is 0.322 e. The third-order valence-electron chi connectivity index (χ3n) is 5.20. The van der Waals surface area contributed by atoms with Gasteiger partial charge in [0.25, 0.3) is 0 Å². The Bertz CT molecular complexity index is 1100. The maximum absolute atomic E-state index is 12.9. The van der Waals surface area contributed by atoms with Gasteiger partial charge < -0.3 is 15.0 Å². The molecular formula is C23H25N5O3S. The summed E-state index contributed by atoms with van der Waals surface area (Å²) < 4.78 is 5.57. The van der Waals surface area contributed by atoms with Crippen LogP contribution in [-0.4, -0.2) is 46.2 Å². The lowest BCUT2D eigenvalue weighted by Gasteiger charge is -2.24. The van der Waals surface area contributed by atoms with Crippen molar-refractivity contribution in [1.29, 1.82) is 0 Å². The van der Waals surface area contributed by atoms with Crippen molar-refractivity contribution in [2.24, 2.45) is 0 Å². The van der Waals surface area contributed by atoms with Gasteiger partial charge in [0.15, 0.2) is 0 Å². The summed E-state index contributed by atoms with van der Waals surface area (Å²) in [5.74, 6) is 0.336. The Morgan fingerprint density at radius 2 is 1.91 bits per heavy atom. The number of amides is 3. The molecule has 32 heavy (non-hydrogen) atoms. The molecule has 4 rings (SSSR count). The van der Waals surface area contributed by atoms with Crippen LogP contribution in [0.25, 0.3) is 10.6 Å². The highest BCUT2D eigenvalue weighted by Crippen LogP contribution is 2.28. The molecule has 2 aromatic carbocycles. The Morgan fingerprint density at radius 3 is 2.69 bits per heavy atom. The molecule has 0 spiro atoms. The van der Waals surface area contributed by atoms with E-state index in [1.165, 1.54) is 11.3 Å². The van der Waals surface area contributed by atoms with Gasteiger partial charge in [-0.15, -0.1) is 10.2 Å². The van der Waals surface area contributed by atoms with Crippen molar-refractivity contribution in [1.82, 2.24) is 15.1 Å². The van der Waals surface area contributed by atoms with Crippen LogP contribution >= 0.6 is 11.3 Å². The monoisotopic (exact) mass is 451 g/mol. The average molecular weight is 452 g/mol. The van der Waals surface area contributed by atoms with E-state index in [9.17, 15) is 9.59 Å². The van der Waals surface area contributed by atoms with E-state index >= 15 is 0 Å². The van der Waals surface area contributed by atoms with Crippen LogP contribution in [-0.2, 0) is 4.79 Å². The molecule has 3 amide bonds. The predicted molar refractivity (Wildman–Crippen MR) is 125 cm³/mol. The van der Waals surface area contributed by atoms with E-state index in [-0.39, 0.29) is 11.9 Å². The van der Waals surface area contributed by atoms with Gasteiger partial charge in [-0.1, -0.05) is 53.3 Å². The van der Waals surface area contributed by atoms with Crippen LogP contribution in [0.3, 0.4) is 0 Å². The first-order chi connectivity index (χ1) is 15.5. The highest BCUT2D eigenvalue weighted by molar-refractivity contribution is 7.18. The first-order valence-electron chi connectivity index (χ1n) is 10.6. The molecule has 1 unspecified atom stereocenters. The third kappa shape index (κ3) is 4.88. The zero-order valence-electron chi connectivity index (χ0n) is 18.0. The number of benzene rings is 2. The van der Waals surface area contributed by atoms with Crippen LogP contribution in [0.2, 0.25) is 0 Å². The van der Waals surface area contributed by atoms with Gasteiger partial charge in [-0.2, -0.15) is 0 Å². The first kappa shape index (κ1) is 21.8. The molecule has 0 aliphatic carbocycles. The number of para-hydroxylation sites is 2. The number of aromatic nitrogens is 2. The number of carbonyl (C=O) groups excluding carboxylic acids is 2. The number of rotatable bonds is 6. The van der Waals surface area contributed by atoms with E-state index in [0.29, 0.717) is 36.1 Å². The van der Waals surface area contributed by atoms with Crippen LogP contribution in [0, 0.1) is 6.92 Å². The highest BCUT2D eigenvalue weighted by atomic mass is 32.1. The minimum atomic E-state index is -0.569. The third-order valence-corrected chi connectivity index (χ3v) is 6.09. The summed E-state index contributed by atoms with van der Waals surface area (Å²) in [6, 6.07) is 14.3. The minimum Gasteiger partial charge on any atom is -0.492 e. The van der Waals surface area contributed by atoms with Crippen LogP contribution in [0.5, 0.6) is 5.75 Å². The Morgan fingerprint density at radius 1 is 1.12 bits per heavy atom. The second kappa shape index (κ2) is 9.78. The number of urea groups is 1. The number of ether oxygens (including phenoxy) is 1. The molecule has 1 aromatic heterocycles. The number of anilines is 2. The molecule has 1 atom stereocenters. The van der Waals surface area contributed by atoms with E-state index in [2.05, 4.69) is 20.8 Å². The zero-order chi connectivity index (χ0) is 22.5. The Balaban J connectivity index is 1.41. The van der Waals surface area contributed by atoms with Crippen LogP contribution in [0.1, 0.15) is 25.3 Å². The summed E-state index contributed by atoms with van der Waals surface area (Å²) in [5.41, 5.74) is 2.69. The van der Waals surface area contributed by atoms with Crippen molar-refractivity contribution in [3.63, 3.8) is 0 Å². The van der Waals surface area contributed by atoms with E-state index in [1.54, 1.807) is 17.0 Å². The molecule has 0 bridgehead atoms. The molecule has 1 saturated heterocycles. The number of nitrogens with zero attached hydrogens (tertiary/aromatic N) is 3. The summed E-state index contributed by atoms with van der Waals surface area (Å²) >= 11 is 1.31. The fourth-order valence-corrected chi connectivity index (χ4v) is 4.35. The molecule has 8 nitrogen and oxygen atoms in total. The van der Waals surface area contributed by atoms with Crippen molar-refractivity contribution in [2.75, 3.05) is 23.8 Å². The van der Waals surface area contributed by atoms with E-state index in [0.717, 1.165) is 22.6 Å². The summed E-state index contributed by atoms with van der Waals surface area (Å²) in [4.78, 5) is 27.4. The maximum Gasteiger partial charge on any atom is 0.322 e. The maximum atomic E-state index is 12.9. The minimum absolute atomic E-state index is 0.262. The molecule has 0 saturated carbocycles. The predicted octanol–water partition coefficient (Wildman–Crippen LogP) is 4.55. The standard InChI is InChI=1S/C23H25N5O3S/c1-3-31-19-9-5-4-7-17(19)24-23(30)28-14-6-8-18(28)20(29)25-22-27-26-21(32-22)16-12-10-15(2)11-13-16/h4-5,7,9-13,18H,3,6,8,14H2,1-2H3,(H,24,30)(H,25,27,29). The first-order valence-corrected chi connectivity index (χ1v) is 11.4. The van der Waals surface area contributed by atoms with Gasteiger partial charge in [-0.25, -0.2) is 4.79 Å². The average Bonchev–Trinajstić information content (AvgIpc) is 3.46. The molecule has 3 aromatic rings. The number of hydrogen-bond donors (Lipinski definition) is 2. The molecule has 1 aliphatic heterocycles. The largest absolute Gasteiger partial charge is 0.492 e. The lowest BCUT2D eigenvalue weighted by atomic mass is 10.2. The molecule has 1 aliphatic rings. The van der Waals surface area contributed by atoms with Crippen LogP contribution < -0.4 is 15.4 Å². The SMILES string of the molecule is CCOc1ccccc1NC(=O)N1CCCC1C(=O)Nc1nnc(-c2ccc(C)cc2)s1. The van der Waals surface area contributed by atoms with Gasteiger partial charge in [0.2, 0.25) is 11.0 Å². The van der Waals surface area contributed by atoms with Crippen molar-refractivity contribution < 1.29 is 14.3 Å². The van der Waals surface area contributed by atoms with E-state index in [4.69, 9.17) is 4.74 Å². The molecule has 166 valence electrons. The van der Waals surface area contributed by atoms with Gasteiger partial charge in [0.1, 0.15) is 16.8 Å². The summed E-state index contributed by atoms with van der Waals surface area (Å²) in [7, 11) is 0. The normalized spacial score (nSPS) is 15.4. The molecule has 1 fully saturated rings. The van der Waals surface area contributed by atoms with E-state index in [1.807, 2.05) is 50.2 Å². The van der Waals surface area contributed by atoms with Gasteiger partial charge in [0.05, 0.1) is 12.3 Å². The summed E-state index contributed by atoms with van der Waals surface area (Å²) in [6.07, 6.45) is 1.35. The summed E-state index contributed by atoms with van der Waals surface area (Å²) in [6.45, 7) is 4.91. The van der Waals surface area contributed by atoms with Gasteiger partial charge in [0, 0.05) is 12.1 Å². The Kier molecular flexibility index (Phi) is 6.65. The summed E-state index contributed by atoms with van der Waals surface area (Å²) in [5, 5.41) is 15.1. The fourth-order valence-electron chi connectivity index (χ4n) is 3.60. The van der Waals surface area contributed by atoms with E-state index < -0.39 is 6.04 Å². The lowest BCUT2D eigenvalue weighted by molar-refractivity contribution is -0.119. The number of likely N-dealkylation sites (tertiary alicyclic amines) is 1. The van der Waals surface area contributed by atoms with Crippen molar-refractivity contribution >= 4 is 34.1 Å². The Labute approximate surface area is 190 Å². The van der Waals surface area contributed by atoms with Crippen molar-refractivity contribution in [2.45, 2.75) is 32.7 Å². The highest BCUT2D eigenvalue weighted by Gasteiger charge is 2.35. The Hall–Kier alpha value is -3.46. The van der Waals surface area contributed by atoms with Crippen molar-refractivity contribution in [3.8, 4) is 16.3 Å². The molecule has 2 N–H and O–H groups in total. The second-order valence-corrected chi connectivity index (χ2v) is 8.46. The number of hydrogen-bond acceptors (Lipinski definition) is 6. The van der Waals surface area contributed by atoms with Gasteiger partial charge in [-0.05, 0) is 38.8 Å². The quantitative estimate of drug-likeness (QED) is 0.573. The van der Waals surface area contributed by atoms with Crippen molar-refractivity contribution in [3.05, 3.63) is 54.1 Å². The molecule has 9 heteroatoms. The van der Waals surface area contributed by atoms with Gasteiger partial charge in [-0.3, -0.25) is 10.1 Å². The topological polar surface area (TPSA) is 96.5 Å². The second-order valence-electron chi connectivity index (χ2n) is 7.48. The number of carbonyl (C=O) groups is 2. The van der Waals surface area contributed by atoms with Gasteiger partial charge >= 0.3 is 6.03 Å². The number of aryl methyl sites for hydroxylation is 1. The lowest BCUT2D eigenvalue weighted by Crippen LogP contribution is -2.45.